The summed E-state index contributed by atoms with van der Waals surface area (Å²) < 4.78 is 5.57. The van der Waals surface area contributed by atoms with Gasteiger partial charge in [0, 0.05) is 7.05 Å². The van der Waals surface area contributed by atoms with Crippen molar-refractivity contribution in [3.8, 4) is 5.75 Å². The number of likely N-dealkylation sites (N-methyl/N-ethyl adjacent to an activating group) is 1. The van der Waals surface area contributed by atoms with E-state index in [2.05, 4.69) is 5.32 Å². The smallest absolute Gasteiger partial charge is 0.239 e. The van der Waals surface area contributed by atoms with Crippen molar-refractivity contribution in [3.05, 3.63) is 29.3 Å². The third-order valence-corrected chi connectivity index (χ3v) is 3.57. The van der Waals surface area contributed by atoms with E-state index in [4.69, 9.17) is 16.3 Å². The minimum atomic E-state index is -0.0229. The number of para-hydroxylation sites is 1. The molecule has 1 aromatic rings. The van der Waals surface area contributed by atoms with Crippen LogP contribution in [0.15, 0.2) is 24.3 Å². The lowest BCUT2D eigenvalue weighted by Gasteiger charge is -2.21. The number of halogens is 1. The third kappa shape index (κ3) is 3.85. The van der Waals surface area contributed by atoms with Crippen molar-refractivity contribution in [2.45, 2.75) is 18.9 Å². The van der Waals surface area contributed by atoms with E-state index in [1.165, 1.54) is 0 Å². The number of amides is 1. The van der Waals surface area contributed by atoms with Crippen LogP contribution in [0.3, 0.4) is 0 Å². The summed E-state index contributed by atoms with van der Waals surface area (Å²) >= 11 is 5.99. The van der Waals surface area contributed by atoms with Gasteiger partial charge < -0.3 is 15.0 Å². The van der Waals surface area contributed by atoms with Gasteiger partial charge in [-0.2, -0.15) is 0 Å². The fraction of sp³-hybridized carbons (Fsp3) is 0.500. The van der Waals surface area contributed by atoms with E-state index in [-0.39, 0.29) is 11.9 Å². The summed E-state index contributed by atoms with van der Waals surface area (Å²) in [4.78, 5) is 13.7. The Balaban J connectivity index is 1.76. The lowest BCUT2D eigenvalue weighted by atomic mass is 10.2. The van der Waals surface area contributed by atoms with E-state index in [9.17, 15) is 4.79 Å². The lowest BCUT2D eigenvalue weighted by molar-refractivity contribution is -0.132. The molecule has 0 radical (unpaired) electrons. The number of ether oxygens (including phenoxy) is 1. The van der Waals surface area contributed by atoms with Crippen LogP contribution in [0.25, 0.3) is 0 Å². The number of carbonyl (C=O) groups excluding carboxylic acids is 1. The van der Waals surface area contributed by atoms with Crippen LogP contribution < -0.4 is 10.1 Å². The van der Waals surface area contributed by atoms with Crippen molar-refractivity contribution in [1.82, 2.24) is 10.2 Å². The SMILES string of the molecule is CN(CCOc1ccccc1Cl)C(=O)C1CCCN1. The second-order valence-corrected chi connectivity index (χ2v) is 5.09. The maximum Gasteiger partial charge on any atom is 0.239 e. The third-order valence-electron chi connectivity index (χ3n) is 3.26. The van der Waals surface area contributed by atoms with Crippen LogP contribution >= 0.6 is 11.6 Å². The van der Waals surface area contributed by atoms with Crippen LogP contribution in [0.1, 0.15) is 12.8 Å². The number of rotatable bonds is 5. The average Bonchev–Trinajstić information content (AvgIpc) is 2.94. The molecular weight excluding hydrogens is 264 g/mol. The highest BCUT2D eigenvalue weighted by molar-refractivity contribution is 6.32. The second kappa shape index (κ2) is 6.78. The highest BCUT2D eigenvalue weighted by atomic mass is 35.5. The summed E-state index contributed by atoms with van der Waals surface area (Å²) in [5, 5.41) is 3.79. The molecule has 0 aliphatic carbocycles. The van der Waals surface area contributed by atoms with Gasteiger partial charge in [0.25, 0.3) is 0 Å². The Morgan fingerprint density at radius 3 is 3.00 bits per heavy atom. The summed E-state index contributed by atoms with van der Waals surface area (Å²) in [5.74, 6) is 0.796. The van der Waals surface area contributed by atoms with Gasteiger partial charge in [-0.25, -0.2) is 0 Å². The first kappa shape index (κ1) is 14.2. The molecule has 1 aromatic carbocycles. The van der Waals surface area contributed by atoms with Gasteiger partial charge in [0.2, 0.25) is 5.91 Å². The molecule has 1 amide bonds. The van der Waals surface area contributed by atoms with Gasteiger partial charge in [-0.1, -0.05) is 23.7 Å². The highest BCUT2D eigenvalue weighted by Crippen LogP contribution is 2.22. The Labute approximate surface area is 118 Å². The van der Waals surface area contributed by atoms with Crippen molar-refractivity contribution in [2.75, 3.05) is 26.7 Å². The van der Waals surface area contributed by atoms with Crippen LogP contribution in [0.4, 0.5) is 0 Å². The largest absolute Gasteiger partial charge is 0.490 e. The van der Waals surface area contributed by atoms with Gasteiger partial charge in [-0.3, -0.25) is 4.79 Å². The van der Waals surface area contributed by atoms with Gasteiger partial charge in [-0.15, -0.1) is 0 Å². The maximum atomic E-state index is 12.0. The second-order valence-electron chi connectivity index (χ2n) is 4.69. The van der Waals surface area contributed by atoms with E-state index in [0.29, 0.717) is 23.9 Å². The molecule has 1 fully saturated rings. The molecule has 1 heterocycles. The first-order chi connectivity index (χ1) is 9.18. The van der Waals surface area contributed by atoms with Crippen LogP contribution in [0, 0.1) is 0 Å². The number of carbonyl (C=O) groups is 1. The van der Waals surface area contributed by atoms with Crippen molar-refractivity contribution in [1.29, 1.82) is 0 Å². The fourth-order valence-electron chi connectivity index (χ4n) is 2.13. The van der Waals surface area contributed by atoms with Crippen molar-refractivity contribution in [2.24, 2.45) is 0 Å². The maximum absolute atomic E-state index is 12.0. The molecule has 5 heteroatoms. The van der Waals surface area contributed by atoms with Crippen LogP contribution in [0.5, 0.6) is 5.75 Å². The molecule has 1 N–H and O–H groups in total. The predicted octanol–water partition coefficient (Wildman–Crippen LogP) is 1.93. The number of hydrogen-bond donors (Lipinski definition) is 1. The van der Waals surface area contributed by atoms with Gasteiger partial charge >= 0.3 is 0 Å². The lowest BCUT2D eigenvalue weighted by Crippen LogP contribution is -2.43. The Morgan fingerprint density at radius 2 is 2.32 bits per heavy atom. The van der Waals surface area contributed by atoms with E-state index in [1.807, 2.05) is 18.2 Å². The van der Waals surface area contributed by atoms with E-state index in [0.717, 1.165) is 19.4 Å². The Hall–Kier alpha value is -1.26. The fourth-order valence-corrected chi connectivity index (χ4v) is 2.32. The topological polar surface area (TPSA) is 41.6 Å². The van der Waals surface area contributed by atoms with Gasteiger partial charge in [0.05, 0.1) is 17.6 Å². The molecule has 1 saturated heterocycles. The molecule has 1 aliphatic rings. The number of benzene rings is 1. The molecule has 4 nitrogen and oxygen atoms in total. The number of nitrogens with zero attached hydrogens (tertiary/aromatic N) is 1. The van der Waals surface area contributed by atoms with Gasteiger partial charge in [0.15, 0.2) is 0 Å². The van der Waals surface area contributed by atoms with Gasteiger partial charge in [0.1, 0.15) is 12.4 Å². The Bertz CT molecular complexity index is 433. The van der Waals surface area contributed by atoms with Crippen molar-refractivity contribution < 1.29 is 9.53 Å². The van der Waals surface area contributed by atoms with Crippen LogP contribution in [-0.2, 0) is 4.79 Å². The molecule has 0 spiro atoms. The molecule has 19 heavy (non-hydrogen) atoms. The van der Waals surface area contributed by atoms with Crippen LogP contribution in [0.2, 0.25) is 5.02 Å². The highest BCUT2D eigenvalue weighted by Gasteiger charge is 2.24. The zero-order chi connectivity index (χ0) is 13.7. The monoisotopic (exact) mass is 282 g/mol. The Morgan fingerprint density at radius 1 is 1.53 bits per heavy atom. The first-order valence-corrected chi connectivity index (χ1v) is 6.92. The quantitative estimate of drug-likeness (QED) is 0.897. The minimum absolute atomic E-state index is 0.0229. The number of hydrogen-bond acceptors (Lipinski definition) is 3. The summed E-state index contributed by atoms with van der Waals surface area (Å²) in [6.07, 6.45) is 1.99. The molecule has 1 atom stereocenters. The summed E-state index contributed by atoms with van der Waals surface area (Å²) in [7, 11) is 1.80. The first-order valence-electron chi connectivity index (χ1n) is 6.54. The average molecular weight is 283 g/mol. The molecule has 104 valence electrons. The standard InChI is InChI=1S/C14H19ClN2O2/c1-17(14(18)12-6-4-8-16-12)9-10-19-13-7-3-2-5-11(13)15/h2-3,5,7,12,16H,4,6,8-10H2,1H3. The molecule has 2 rings (SSSR count). The number of nitrogens with one attached hydrogen (secondary N) is 1. The van der Waals surface area contributed by atoms with E-state index < -0.39 is 0 Å². The minimum Gasteiger partial charge on any atom is -0.490 e. The van der Waals surface area contributed by atoms with Crippen molar-refractivity contribution >= 4 is 17.5 Å². The molecule has 0 saturated carbocycles. The van der Waals surface area contributed by atoms with Gasteiger partial charge in [-0.05, 0) is 31.5 Å². The van der Waals surface area contributed by atoms with Crippen molar-refractivity contribution in [3.63, 3.8) is 0 Å². The predicted molar refractivity (Wildman–Crippen MR) is 75.6 cm³/mol. The summed E-state index contributed by atoms with van der Waals surface area (Å²) in [5.41, 5.74) is 0. The van der Waals surface area contributed by atoms with E-state index in [1.54, 1.807) is 18.0 Å². The zero-order valence-corrected chi connectivity index (χ0v) is 11.8. The molecular formula is C14H19ClN2O2. The molecule has 1 aliphatic heterocycles. The summed E-state index contributed by atoms with van der Waals surface area (Å²) in [6.45, 7) is 1.93. The molecule has 0 bridgehead atoms. The zero-order valence-electron chi connectivity index (χ0n) is 11.1. The molecule has 0 aromatic heterocycles. The van der Waals surface area contributed by atoms with Crippen LogP contribution in [-0.4, -0.2) is 43.6 Å². The molecule has 1 unspecified atom stereocenters. The Kier molecular flexibility index (Phi) is 5.05. The van der Waals surface area contributed by atoms with E-state index >= 15 is 0 Å². The summed E-state index contributed by atoms with van der Waals surface area (Å²) in [6, 6.07) is 7.32. The normalized spacial score (nSPS) is 18.3.